The molecule has 0 spiro atoms. The minimum atomic E-state index is -4.76. The van der Waals surface area contributed by atoms with Crippen molar-refractivity contribution in [3.8, 4) is 0 Å². The Balaban J connectivity index is 2.25. The van der Waals surface area contributed by atoms with Crippen LogP contribution in [-0.2, 0) is 11.0 Å². The Morgan fingerprint density at radius 1 is 1.29 bits per heavy atom. The number of hydrogen-bond acceptors (Lipinski definition) is 1. The van der Waals surface area contributed by atoms with Crippen molar-refractivity contribution in [3.63, 3.8) is 0 Å². The van der Waals surface area contributed by atoms with Crippen molar-refractivity contribution in [2.75, 3.05) is 5.32 Å². The number of alkyl halides is 3. The van der Waals surface area contributed by atoms with Gasteiger partial charge in [0, 0.05) is 5.92 Å². The highest BCUT2D eigenvalue weighted by Gasteiger charge is 2.36. The maximum Gasteiger partial charge on any atom is 0.419 e. The summed E-state index contributed by atoms with van der Waals surface area (Å²) in [6.45, 7) is 0. The first kappa shape index (κ1) is 11.9. The van der Waals surface area contributed by atoms with Crippen molar-refractivity contribution in [1.29, 1.82) is 0 Å². The minimum Gasteiger partial charge on any atom is -0.323 e. The highest BCUT2D eigenvalue weighted by Crippen LogP contribution is 2.35. The van der Waals surface area contributed by atoms with Crippen molar-refractivity contribution >= 4 is 11.6 Å². The molecule has 1 aromatic carbocycles. The Morgan fingerprint density at radius 2 is 1.94 bits per heavy atom. The van der Waals surface area contributed by atoms with Crippen LogP contribution < -0.4 is 5.32 Å². The average molecular weight is 247 g/mol. The van der Waals surface area contributed by atoms with Gasteiger partial charge in [0.15, 0.2) is 5.82 Å². The third-order valence-electron chi connectivity index (χ3n) is 2.51. The number of carbonyl (C=O) groups excluding carboxylic acids is 1. The number of anilines is 1. The number of hydrogen-bond donors (Lipinski definition) is 1. The second-order valence-corrected chi connectivity index (χ2v) is 3.93. The van der Waals surface area contributed by atoms with Crippen LogP contribution >= 0.6 is 0 Å². The molecule has 1 N–H and O–H groups in total. The van der Waals surface area contributed by atoms with Crippen molar-refractivity contribution < 1.29 is 22.4 Å². The van der Waals surface area contributed by atoms with Crippen LogP contribution in [0.4, 0.5) is 23.2 Å². The summed E-state index contributed by atoms with van der Waals surface area (Å²) in [4.78, 5) is 11.3. The molecule has 17 heavy (non-hydrogen) atoms. The lowest BCUT2D eigenvalue weighted by Gasteiger charge is -2.11. The quantitative estimate of drug-likeness (QED) is 0.799. The van der Waals surface area contributed by atoms with Gasteiger partial charge in [-0.15, -0.1) is 0 Å². The molecule has 0 heterocycles. The fraction of sp³-hybridized carbons (Fsp3) is 0.364. The fourth-order valence-electron chi connectivity index (χ4n) is 1.43. The molecule has 0 saturated heterocycles. The van der Waals surface area contributed by atoms with Gasteiger partial charge in [-0.3, -0.25) is 4.79 Å². The molecule has 1 aromatic rings. The molecule has 0 aromatic heterocycles. The maximum atomic E-state index is 13.5. The number of amides is 1. The molecular formula is C11H9F4NO. The van der Waals surface area contributed by atoms with Gasteiger partial charge in [-0.05, 0) is 25.0 Å². The summed E-state index contributed by atoms with van der Waals surface area (Å²) in [5.41, 5.74) is -1.79. The topological polar surface area (TPSA) is 29.1 Å². The number of benzene rings is 1. The molecule has 2 rings (SSSR count). The smallest absolute Gasteiger partial charge is 0.323 e. The summed E-state index contributed by atoms with van der Waals surface area (Å²) in [5.74, 6) is -2.05. The summed E-state index contributed by atoms with van der Waals surface area (Å²) < 4.78 is 50.6. The predicted octanol–water partition coefficient (Wildman–Crippen LogP) is 3.19. The first-order valence-electron chi connectivity index (χ1n) is 5.06. The van der Waals surface area contributed by atoms with Gasteiger partial charge >= 0.3 is 6.18 Å². The Bertz CT molecular complexity index is 451. The number of carbonyl (C=O) groups is 1. The van der Waals surface area contributed by atoms with Gasteiger partial charge in [0.25, 0.3) is 0 Å². The Morgan fingerprint density at radius 3 is 2.47 bits per heavy atom. The van der Waals surface area contributed by atoms with E-state index in [-0.39, 0.29) is 5.92 Å². The molecule has 1 saturated carbocycles. The van der Waals surface area contributed by atoms with Crippen molar-refractivity contribution in [2.45, 2.75) is 19.0 Å². The summed E-state index contributed by atoms with van der Waals surface area (Å²) in [6, 6.07) is 2.82. The van der Waals surface area contributed by atoms with Crippen LogP contribution in [0.5, 0.6) is 0 Å². The zero-order valence-electron chi connectivity index (χ0n) is 8.64. The molecule has 6 heteroatoms. The normalized spacial score (nSPS) is 15.8. The van der Waals surface area contributed by atoms with Crippen molar-refractivity contribution in [2.24, 2.45) is 5.92 Å². The second kappa shape index (κ2) is 4.01. The standard InChI is InChI=1S/C11H9F4NO/c12-9-7(11(13,14)15)2-1-3-8(9)16-10(17)6-4-5-6/h1-3,6H,4-5H2,(H,16,17). The Hall–Kier alpha value is -1.59. The molecule has 0 unspecified atom stereocenters. The van der Waals surface area contributed by atoms with Crippen molar-refractivity contribution in [3.05, 3.63) is 29.6 Å². The summed E-state index contributed by atoms with van der Waals surface area (Å²) in [6.07, 6.45) is -3.36. The Kier molecular flexibility index (Phi) is 2.81. The van der Waals surface area contributed by atoms with Gasteiger partial charge in [-0.25, -0.2) is 4.39 Å². The Labute approximate surface area is 94.6 Å². The minimum absolute atomic E-state index is 0.191. The molecule has 1 aliphatic carbocycles. The van der Waals surface area contributed by atoms with E-state index in [2.05, 4.69) is 5.32 Å². The fourth-order valence-corrected chi connectivity index (χ4v) is 1.43. The molecule has 2 nitrogen and oxygen atoms in total. The van der Waals surface area contributed by atoms with E-state index >= 15 is 0 Å². The van der Waals surface area contributed by atoms with Crippen LogP contribution in [-0.4, -0.2) is 5.91 Å². The predicted molar refractivity (Wildman–Crippen MR) is 52.8 cm³/mol. The van der Waals surface area contributed by atoms with E-state index in [0.29, 0.717) is 18.9 Å². The van der Waals surface area contributed by atoms with Gasteiger partial charge in [0.05, 0.1) is 11.3 Å². The second-order valence-electron chi connectivity index (χ2n) is 3.93. The maximum absolute atomic E-state index is 13.5. The van der Waals surface area contributed by atoms with Gasteiger partial charge < -0.3 is 5.32 Å². The zero-order chi connectivity index (χ0) is 12.6. The number of nitrogens with one attached hydrogen (secondary N) is 1. The first-order chi connectivity index (χ1) is 7.89. The largest absolute Gasteiger partial charge is 0.419 e. The van der Waals surface area contributed by atoms with Gasteiger partial charge in [0.1, 0.15) is 0 Å². The molecule has 1 fully saturated rings. The first-order valence-corrected chi connectivity index (χ1v) is 5.06. The molecule has 0 radical (unpaired) electrons. The summed E-state index contributed by atoms with van der Waals surface area (Å²) in [5, 5.41) is 2.17. The average Bonchev–Trinajstić information content (AvgIpc) is 3.02. The zero-order valence-corrected chi connectivity index (χ0v) is 8.64. The van der Waals surface area contributed by atoms with E-state index in [1.807, 2.05) is 0 Å². The van der Waals surface area contributed by atoms with E-state index in [4.69, 9.17) is 0 Å². The summed E-state index contributed by atoms with van der Waals surface area (Å²) in [7, 11) is 0. The lowest BCUT2D eigenvalue weighted by atomic mass is 10.1. The van der Waals surface area contributed by atoms with Gasteiger partial charge in [-0.2, -0.15) is 13.2 Å². The van der Waals surface area contributed by atoms with Crippen LogP contribution in [0.25, 0.3) is 0 Å². The lowest BCUT2D eigenvalue weighted by molar-refractivity contribution is -0.140. The third-order valence-corrected chi connectivity index (χ3v) is 2.51. The highest BCUT2D eigenvalue weighted by atomic mass is 19.4. The van der Waals surface area contributed by atoms with Crippen LogP contribution in [0.15, 0.2) is 18.2 Å². The molecule has 0 aliphatic heterocycles. The van der Waals surface area contributed by atoms with E-state index < -0.39 is 29.2 Å². The SMILES string of the molecule is O=C(Nc1cccc(C(F)(F)F)c1F)C1CC1. The molecule has 1 aliphatic rings. The molecule has 92 valence electrons. The van der Waals surface area contributed by atoms with E-state index in [1.165, 1.54) is 0 Å². The van der Waals surface area contributed by atoms with Crippen molar-refractivity contribution in [1.82, 2.24) is 0 Å². The van der Waals surface area contributed by atoms with Crippen LogP contribution in [0.3, 0.4) is 0 Å². The summed E-state index contributed by atoms with van der Waals surface area (Å²) >= 11 is 0. The van der Waals surface area contributed by atoms with Gasteiger partial charge in [-0.1, -0.05) is 6.07 Å². The van der Waals surface area contributed by atoms with Crippen LogP contribution in [0, 0.1) is 11.7 Å². The highest BCUT2D eigenvalue weighted by molar-refractivity contribution is 5.94. The molecule has 0 atom stereocenters. The monoisotopic (exact) mass is 247 g/mol. The lowest BCUT2D eigenvalue weighted by Crippen LogP contribution is -2.16. The van der Waals surface area contributed by atoms with Crippen LogP contribution in [0.1, 0.15) is 18.4 Å². The number of rotatable bonds is 2. The van der Waals surface area contributed by atoms with E-state index in [0.717, 1.165) is 12.1 Å². The molecule has 0 bridgehead atoms. The van der Waals surface area contributed by atoms with Gasteiger partial charge in [0.2, 0.25) is 5.91 Å². The molecule has 1 amide bonds. The van der Waals surface area contributed by atoms with E-state index in [9.17, 15) is 22.4 Å². The number of halogens is 4. The van der Waals surface area contributed by atoms with E-state index in [1.54, 1.807) is 0 Å². The third kappa shape index (κ3) is 2.57. The van der Waals surface area contributed by atoms with Crippen LogP contribution in [0.2, 0.25) is 0 Å². The molecular weight excluding hydrogens is 238 g/mol.